The fourth-order valence-corrected chi connectivity index (χ4v) is 4.48. The molecular weight excluding hydrogens is 454 g/mol. The molecule has 162 valence electrons. The van der Waals surface area contributed by atoms with Crippen molar-refractivity contribution in [1.29, 1.82) is 0 Å². The van der Waals surface area contributed by atoms with E-state index < -0.39 is 5.91 Å². The summed E-state index contributed by atoms with van der Waals surface area (Å²) in [4.78, 5) is 25.1. The van der Waals surface area contributed by atoms with Gasteiger partial charge in [0.2, 0.25) is 0 Å². The van der Waals surface area contributed by atoms with Gasteiger partial charge in [-0.05, 0) is 61.1 Å². The quantitative estimate of drug-likeness (QED) is 0.322. The van der Waals surface area contributed by atoms with Crippen LogP contribution in [-0.4, -0.2) is 30.6 Å². The summed E-state index contributed by atoms with van der Waals surface area (Å²) < 4.78 is 6.07. The van der Waals surface area contributed by atoms with E-state index in [4.69, 9.17) is 28.6 Å². The number of thiophene rings is 1. The Morgan fingerprint density at radius 3 is 2.55 bits per heavy atom. The van der Waals surface area contributed by atoms with Crippen LogP contribution in [-0.2, 0) is 0 Å². The van der Waals surface area contributed by atoms with Crippen LogP contribution in [0.1, 0.15) is 39.8 Å². The molecule has 2 aromatic carbocycles. The minimum absolute atomic E-state index is 0.119. The van der Waals surface area contributed by atoms with Gasteiger partial charge in [0.05, 0.1) is 12.1 Å². The molecule has 1 heterocycles. The SMILES string of the molecule is CCCCNC(=O)c1ccc(NC(=S)NC(=O)c2sc3cc(OC)ccc3c2Cl)cc1. The summed E-state index contributed by atoms with van der Waals surface area (Å²) in [5.41, 5.74) is 1.21. The van der Waals surface area contributed by atoms with Crippen molar-refractivity contribution in [2.75, 3.05) is 19.0 Å². The van der Waals surface area contributed by atoms with Crippen molar-refractivity contribution in [3.05, 3.63) is 57.9 Å². The van der Waals surface area contributed by atoms with Crippen LogP contribution in [0.4, 0.5) is 5.69 Å². The van der Waals surface area contributed by atoms with Gasteiger partial charge in [0.1, 0.15) is 10.6 Å². The van der Waals surface area contributed by atoms with Crippen molar-refractivity contribution in [1.82, 2.24) is 10.6 Å². The first kappa shape index (κ1) is 23.0. The minimum atomic E-state index is -0.394. The zero-order valence-corrected chi connectivity index (χ0v) is 19.5. The molecule has 0 spiro atoms. The number of nitrogens with one attached hydrogen (secondary N) is 3. The number of anilines is 1. The van der Waals surface area contributed by atoms with Crippen LogP contribution in [0.5, 0.6) is 5.75 Å². The van der Waals surface area contributed by atoms with Crippen LogP contribution in [0.2, 0.25) is 5.02 Å². The van der Waals surface area contributed by atoms with Crippen LogP contribution in [0, 0.1) is 0 Å². The molecule has 0 radical (unpaired) electrons. The lowest BCUT2D eigenvalue weighted by Crippen LogP contribution is -2.33. The monoisotopic (exact) mass is 475 g/mol. The largest absolute Gasteiger partial charge is 0.497 e. The van der Waals surface area contributed by atoms with Crippen molar-refractivity contribution in [2.45, 2.75) is 19.8 Å². The first-order valence-electron chi connectivity index (χ1n) is 9.69. The van der Waals surface area contributed by atoms with Gasteiger partial charge in [0.25, 0.3) is 11.8 Å². The second-order valence-corrected chi connectivity index (χ2v) is 8.54. The second-order valence-electron chi connectivity index (χ2n) is 6.70. The number of amides is 2. The summed E-state index contributed by atoms with van der Waals surface area (Å²) in [5, 5.41) is 9.75. The van der Waals surface area contributed by atoms with E-state index >= 15 is 0 Å². The molecular formula is C22H22ClN3O3S2. The van der Waals surface area contributed by atoms with Crippen molar-refractivity contribution in [2.24, 2.45) is 0 Å². The molecule has 0 aliphatic carbocycles. The molecule has 6 nitrogen and oxygen atoms in total. The molecule has 0 aliphatic heterocycles. The summed E-state index contributed by atoms with van der Waals surface area (Å²) in [6.45, 7) is 2.72. The number of rotatable bonds is 7. The first-order valence-corrected chi connectivity index (χ1v) is 11.3. The van der Waals surface area contributed by atoms with E-state index in [-0.39, 0.29) is 11.0 Å². The third-order valence-corrected chi connectivity index (χ3v) is 6.35. The maximum absolute atomic E-state index is 12.7. The molecule has 1 aromatic heterocycles. The Bertz CT molecular complexity index is 1110. The van der Waals surface area contributed by atoms with Gasteiger partial charge >= 0.3 is 0 Å². The number of methoxy groups -OCH3 is 1. The van der Waals surface area contributed by atoms with Gasteiger partial charge in [0.15, 0.2) is 5.11 Å². The van der Waals surface area contributed by atoms with E-state index in [2.05, 4.69) is 22.9 Å². The molecule has 3 aromatic rings. The van der Waals surface area contributed by atoms with E-state index in [0.717, 1.165) is 22.9 Å². The average molecular weight is 476 g/mol. The summed E-state index contributed by atoms with van der Waals surface area (Å²) in [6.07, 6.45) is 1.96. The first-order chi connectivity index (χ1) is 14.9. The van der Waals surface area contributed by atoms with Gasteiger partial charge in [-0.25, -0.2) is 0 Å². The predicted octanol–water partition coefficient (Wildman–Crippen LogP) is 5.22. The third-order valence-electron chi connectivity index (χ3n) is 4.49. The highest BCUT2D eigenvalue weighted by Crippen LogP contribution is 2.37. The number of halogens is 1. The number of carbonyl (C=O) groups excluding carboxylic acids is 2. The van der Waals surface area contributed by atoms with E-state index in [1.165, 1.54) is 11.3 Å². The Labute approximate surface area is 194 Å². The highest BCUT2D eigenvalue weighted by atomic mass is 35.5. The van der Waals surface area contributed by atoms with Crippen LogP contribution in [0.25, 0.3) is 10.1 Å². The molecule has 0 unspecified atom stereocenters. The number of hydrogen-bond donors (Lipinski definition) is 3. The molecule has 3 N–H and O–H groups in total. The van der Waals surface area contributed by atoms with Crippen LogP contribution in [0.3, 0.4) is 0 Å². The van der Waals surface area contributed by atoms with E-state index in [1.807, 2.05) is 12.1 Å². The fraction of sp³-hybridized carbons (Fsp3) is 0.227. The molecule has 3 rings (SSSR count). The molecule has 0 fully saturated rings. The van der Waals surface area contributed by atoms with E-state index in [9.17, 15) is 9.59 Å². The maximum atomic E-state index is 12.7. The fourth-order valence-electron chi connectivity index (χ4n) is 2.83. The molecule has 9 heteroatoms. The Kier molecular flexibility index (Phi) is 7.84. The molecule has 0 bridgehead atoms. The zero-order chi connectivity index (χ0) is 22.4. The lowest BCUT2D eigenvalue weighted by Gasteiger charge is -2.10. The second kappa shape index (κ2) is 10.6. The minimum Gasteiger partial charge on any atom is -0.497 e. The van der Waals surface area contributed by atoms with E-state index in [0.29, 0.717) is 33.4 Å². The smallest absolute Gasteiger partial charge is 0.269 e. The lowest BCUT2D eigenvalue weighted by atomic mass is 10.2. The Morgan fingerprint density at radius 1 is 1.13 bits per heavy atom. The summed E-state index contributed by atoms with van der Waals surface area (Å²) in [6, 6.07) is 12.3. The number of thiocarbonyl (C=S) groups is 1. The van der Waals surface area contributed by atoms with Crippen molar-refractivity contribution in [3.63, 3.8) is 0 Å². The predicted molar refractivity (Wildman–Crippen MR) is 131 cm³/mol. The Morgan fingerprint density at radius 2 is 1.87 bits per heavy atom. The topological polar surface area (TPSA) is 79.5 Å². The van der Waals surface area contributed by atoms with Crippen molar-refractivity contribution in [3.8, 4) is 5.75 Å². The number of benzene rings is 2. The zero-order valence-electron chi connectivity index (χ0n) is 17.1. The molecule has 0 aliphatic rings. The normalized spacial score (nSPS) is 10.5. The molecule has 0 saturated heterocycles. The summed E-state index contributed by atoms with van der Waals surface area (Å²) >= 11 is 12.9. The van der Waals surface area contributed by atoms with Gasteiger partial charge < -0.3 is 15.4 Å². The Hall–Kier alpha value is -2.68. The van der Waals surface area contributed by atoms with Gasteiger partial charge in [-0.3, -0.25) is 14.9 Å². The standard InChI is InChI=1S/C22H22ClN3O3S2/c1-3-4-11-24-20(27)13-5-7-14(8-6-13)25-22(30)26-21(28)19-18(23)16-10-9-15(29-2)12-17(16)31-19/h5-10,12H,3-4,11H2,1-2H3,(H,24,27)(H2,25,26,28,30). The van der Waals surface area contributed by atoms with Crippen molar-refractivity contribution < 1.29 is 14.3 Å². The number of ether oxygens (including phenoxy) is 1. The number of carbonyl (C=O) groups is 2. The van der Waals surface area contributed by atoms with Gasteiger partial charge in [-0.1, -0.05) is 24.9 Å². The third kappa shape index (κ3) is 5.72. The van der Waals surface area contributed by atoms with Crippen LogP contribution < -0.4 is 20.7 Å². The highest BCUT2D eigenvalue weighted by molar-refractivity contribution is 7.80. The molecule has 31 heavy (non-hydrogen) atoms. The maximum Gasteiger partial charge on any atom is 0.269 e. The van der Waals surface area contributed by atoms with Crippen molar-refractivity contribution >= 4 is 67.9 Å². The number of fused-ring (bicyclic) bond motifs is 1. The molecule has 2 amide bonds. The number of unbranched alkanes of at least 4 members (excludes halogenated alkanes) is 1. The summed E-state index contributed by atoms with van der Waals surface area (Å²) in [5.74, 6) is 0.179. The van der Waals surface area contributed by atoms with Gasteiger partial charge in [-0.15, -0.1) is 11.3 Å². The average Bonchev–Trinajstić information content (AvgIpc) is 3.10. The lowest BCUT2D eigenvalue weighted by molar-refractivity contribution is 0.0951. The Balaban J connectivity index is 1.61. The van der Waals surface area contributed by atoms with E-state index in [1.54, 1.807) is 37.4 Å². The van der Waals surface area contributed by atoms with Gasteiger partial charge in [0, 0.05) is 27.9 Å². The highest BCUT2D eigenvalue weighted by Gasteiger charge is 2.18. The molecule has 0 saturated carbocycles. The summed E-state index contributed by atoms with van der Waals surface area (Å²) in [7, 11) is 1.58. The van der Waals surface area contributed by atoms with Crippen LogP contribution >= 0.6 is 35.2 Å². The van der Waals surface area contributed by atoms with Crippen LogP contribution in [0.15, 0.2) is 42.5 Å². The molecule has 0 atom stereocenters. The number of hydrogen-bond acceptors (Lipinski definition) is 5. The van der Waals surface area contributed by atoms with Gasteiger partial charge in [-0.2, -0.15) is 0 Å².